The Labute approximate surface area is 140 Å². The molecule has 1 aliphatic heterocycles. The molecule has 1 aliphatic rings. The zero-order valence-electron chi connectivity index (χ0n) is 13.4. The Morgan fingerprint density at radius 2 is 1.88 bits per heavy atom. The molecular weight excluding hydrogens is 306 g/mol. The van der Waals surface area contributed by atoms with E-state index in [1.807, 2.05) is 31.2 Å². The highest BCUT2D eigenvalue weighted by atomic mass is 16.5. The van der Waals surface area contributed by atoms with Crippen LogP contribution < -0.4 is 4.90 Å². The van der Waals surface area contributed by atoms with Crippen LogP contribution in [0.3, 0.4) is 0 Å². The molecule has 3 rings (SSSR count). The molecule has 0 saturated heterocycles. The van der Waals surface area contributed by atoms with Crippen molar-refractivity contribution >= 4 is 17.6 Å². The molecule has 1 amide bonds. The predicted molar refractivity (Wildman–Crippen MR) is 89.7 cm³/mol. The summed E-state index contributed by atoms with van der Waals surface area (Å²) in [6.07, 6.45) is 0.804. The fourth-order valence-corrected chi connectivity index (χ4v) is 2.97. The minimum Gasteiger partial charge on any atom is -0.452 e. The summed E-state index contributed by atoms with van der Waals surface area (Å²) in [6.45, 7) is 1.60. The summed E-state index contributed by atoms with van der Waals surface area (Å²) in [5, 5.41) is 9.00. The largest absolute Gasteiger partial charge is 0.452 e. The van der Waals surface area contributed by atoms with Crippen LogP contribution in [0.25, 0.3) is 0 Å². The van der Waals surface area contributed by atoms with Crippen molar-refractivity contribution in [2.45, 2.75) is 26.0 Å². The highest BCUT2D eigenvalue weighted by Crippen LogP contribution is 2.31. The van der Waals surface area contributed by atoms with Crippen LogP contribution in [0, 0.1) is 0 Å². The first-order valence-corrected chi connectivity index (χ1v) is 7.87. The van der Waals surface area contributed by atoms with Crippen molar-refractivity contribution in [3.63, 3.8) is 0 Å². The number of aliphatic hydroxyl groups is 1. The van der Waals surface area contributed by atoms with Gasteiger partial charge in [-0.25, -0.2) is 4.79 Å². The SMILES string of the molecule is CC1Cc2ccccc2N1C(=O)COC(=O)c1ccc(CO)cc1. The molecule has 124 valence electrons. The van der Waals surface area contributed by atoms with E-state index in [1.165, 1.54) is 0 Å². The number of amides is 1. The van der Waals surface area contributed by atoms with Gasteiger partial charge in [0.05, 0.1) is 12.2 Å². The number of carbonyl (C=O) groups excluding carboxylic acids is 2. The Kier molecular flexibility index (Phi) is 4.62. The molecule has 0 spiro atoms. The van der Waals surface area contributed by atoms with Gasteiger partial charge in [0.2, 0.25) is 0 Å². The van der Waals surface area contributed by atoms with Crippen LogP contribution in [-0.2, 0) is 22.6 Å². The van der Waals surface area contributed by atoms with Crippen molar-refractivity contribution in [3.05, 3.63) is 65.2 Å². The first kappa shape index (κ1) is 16.2. The Balaban J connectivity index is 1.64. The molecule has 0 fully saturated rings. The molecule has 0 aromatic heterocycles. The Morgan fingerprint density at radius 1 is 1.17 bits per heavy atom. The van der Waals surface area contributed by atoms with Gasteiger partial charge in [-0.3, -0.25) is 4.79 Å². The van der Waals surface area contributed by atoms with Crippen molar-refractivity contribution in [2.75, 3.05) is 11.5 Å². The smallest absolute Gasteiger partial charge is 0.338 e. The number of ether oxygens (including phenoxy) is 1. The molecule has 24 heavy (non-hydrogen) atoms. The average molecular weight is 325 g/mol. The highest BCUT2D eigenvalue weighted by Gasteiger charge is 2.30. The van der Waals surface area contributed by atoms with E-state index in [2.05, 4.69) is 0 Å². The molecule has 2 aromatic rings. The second-order valence-electron chi connectivity index (χ2n) is 5.88. The fourth-order valence-electron chi connectivity index (χ4n) is 2.97. The lowest BCUT2D eigenvalue weighted by Gasteiger charge is -2.22. The van der Waals surface area contributed by atoms with E-state index in [4.69, 9.17) is 9.84 Å². The number of rotatable bonds is 4. The number of para-hydroxylation sites is 1. The number of benzene rings is 2. The van der Waals surface area contributed by atoms with Crippen molar-refractivity contribution in [1.82, 2.24) is 0 Å². The van der Waals surface area contributed by atoms with Gasteiger partial charge in [-0.2, -0.15) is 0 Å². The van der Waals surface area contributed by atoms with Crippen LogP contribution in [0.4, 0.5) is 5.69 Å². The molecule has 0 aliphatic carbocycles. The van der Waals surface area contributed by atoms with Gasteiger partial charge < -0.3 is 14.7 Å². The minimum atomic E-state index is -0.548. The summed E-state index contributed by atoms with van der Waals surface area (Å²) in [5.74, 6) is -0.777. The second kappa shape index (κ2) is 6.84. The third-order valence-electron chi connectivity index (χ3n) is 4.17. The molecule has 1 unspecified atom stereocenters. The number of hydrogen-bond donors (Lipinski definition) is 1. The highest BCUT2D eigenvalue weighted by molar-refractivity contribution is 5.99. The van der Waals surface area contributed by atoms with Crippen LogP contribution in [0.5, 0.6) is 0 Å². The summed E-state index contributed by atoms with van der Waals surface area (Å²) < 4.78 is 5.15. The van der Waals surface area contributed by atoms with Gasteiger partial charge in [0.1, 0.15) is 0 Å². The Bertz CT molecular complexity index is 754. The van der Waals surface area contributed by atoms with Crippen molar-refractivity contribution < 1.29 is 19.4 Å². The van der Waals surface area contributed by atoms with Gasteiger partial charge in [-0.05, 0) is 42.7 Å². The van der Waals surface area contributed by atoms with Gasteiger partial charge in [0.15, 0.2) is 6.61 Å². The van der Waals surface area contributed by atoms with Crippen LogP contribution >= 0.6 is 0 Å². The number of aliphatic hydroxyl groups excluding tert-OH is 1. The van der Waals surface area contributed by atoms with Gasteiger partial charge >= 0.3 is 5.97 Å². The molecule has 1 atom stereocenters. The van der Waals surface area contributed by atoms with E-state index >= 15 is 0 Å². The standard InChI is InChI=1S/C19H19NO4/c1-13-10-16-4-2-3-5-17(16)20(13)18(22)12-24-19(23)15-8-6-14(11-21)7-9-15/h2-9,13,21H,10-12H2,1H3. The van der Waals surface area contributed by atoms with Crippen LogP contribution in [0.2, 0.25) is 0 Å². The molecule has 1 N–H and O–H groups in total. The van der Waals surface area contributed by atoms with Gasteiger partial charge in [0.25, 0.3) is 5.91 Å². The monoisotopic (exact) mass is 325 g/mol. The molecule has 5 heteroatoms. The fraction of sp³-hybridized carbons (Fsp3) is 0.263. The summed E-state index contributed by atoms with van der Waals surface area (Å²) in [7, 11) is 0. The molecule has 2 aromatic carbocycles. The number of hydrogen-bond acceptors (Lipinski definition) is 4. The topological polar surface area (TPSA) is 66.8 Å². The van der Waals surface area contributed by atoms with Crippen LogP contribution in [0.15, 0.2) is 48.5 Å². The van der Waals surface area contributed by atoms with E-state index in [1.54, 1.807) is 29.2 Å². The van der Waals surface area contributed by atoms with E-state index in [0.29, 0.717) is 11.1 Å². The van der Waals surface area contributed by atoms with Crippen LogP contribution in [-0.4, -0.2) is 29.6 Å². The number of anilines is 1. The quantitative estimate of drug-likeness (QED) is 0.876. The number of nitrogens with zero attached hydrogens (tertiary/aromatic N) is 1. The molecule has 0 radical (unpaired) electrons. The zero-order valence-corrected chi connectivity index (χ0v) is 13.4. The third-order valence-corrected chi connectivity index (χ3v) is 4.17. The number of esters is 1. The van der Waals surface area contributed by atoms with Crippen molar-refractivity contribution in [1.29, 1.82) is 0 Å². The van der Waals surface area contributed by atoms with Gasteiger partial charge in [-0.15, -0.1) is 0 Å². The second-order valence-corrected chi connectivity index (χ2v) is 5.88. The van der Waals surface area contributed by atoms with Gasteiger partial charge in [0, 0.05) is 11.7 Å². The van der Waals surface area contributed by atoms with E-state index in [0.717, 1.165) is 17.7 Å². The number of fused-ring (bicyclic) bond motifs is 1. The molecule has 0 bridgehead atoms. The molecule has 0 saturated carbocycles. The Hall–Kier alpha value is -2.66. The summed E-state index contributed by atoms with van der Waals surface area (Å²) >= 11 is 0. The minimum absolute atomic E-state index is 0.0532. The lowest BCUT2D eigenvalue weighted by Crippen LogP contribution is -2.38. The van der Waals surface area contributed by atoms with Crippen molar-refractivity contribution in [2.24, 2.45) is 0 Å². The lowest BCUT2D eigenvalue weighted by atomic mass is 10.1. The molecule has 1 heterocycles. The number of carbonyl (C=O) groups is 2. The maximum Gasteiger partial charge on any atom is 0.338 e. The van der Waals surface area contributed by atoms with Crippen LogP contribution in [0.1, 0.15) is 28.4 Å². The average Bonchev–Trinajstić information content (AvgIpc) is 2.95. The predicted octanol–water partition coefficient (Wildman–Crippen LogP) is 2.31. The normalized spacial score (nSPS) is 15.9. The summed E-state index contributed by atoms with van der Waals surface area (Å²) in [5.41, 5.74) is 3.09. The molecular formula is C19H19NO4. The maximum absolute atomic E-state index is 12.5. The first-order valence-electron chi connectivity index (χ1n) is 7.87. The van der Waals surface area contributed by atoms with Crippen molar-refractivity contribution in [3.8, 4) is 0 Å². The summed E-state index contributed by atoms with van der Waals surface area (Å²) in [4.78, 5) is 26.2. The lowest BCUT2D eigenvalue weighted by molar-refractivity contribution is -0.122. The summed E-state index contributed by atoms with van der Waals surface area (Å²) in [6, 6.07) is 14.3. The third kappa shape index (κ3) is 3.16. The van der Waals surface area contributed by atoms with E-state index in [9.17, 15) is 9.59 Å². The Morgan fingerprint density at radius 3 is 2.58 bits per heavy atom. The van der Waals surface area contributed by atoms with E-state index < -0.39 is 5.97 Å². The maximum atomic E-state index is 12.5. The van der Waals surface area contributed by atoms with Gasteiger partial charge in [-0.1, -0.05) is 30.3 Å². The van der Waals surface area contributed by atoms with E-state index in [-0.39, 0.29) is 25.2 Å². The zero-order chi connectivity index (χ0) is 17.1. The first-order chi connectivity index (χ1) is 11.6. The molecule has 5 nitrogen and oxygen atoms in total.